The molecule has 2 heterocycles. The summed E-state index contributed by atoms with van der Waals surface area (Å²) in [7, 11) is 2.93. The van der Waals surface area contributed by atoms with Gasteiger partial charge in [0, 0.05) is 16.6 Å². The molecule has 1 amide bonds. The van der Waals surface area contributed by atoms with Crippen molar-refractivity contribution >= 4 is 34.5 Å². The lowest BCUT2D eigenvalue weighted by Crippen LogP contribution is -2.29. The third-order valence-corrected chi connectivity index (χ3v) is 5.95. The molecule has 0 saturated carbocycles. The summed E-state index contributed by atoms with van der Waals surface area (Å²) in [5.74, 6) is -1.67. The number of carbonyl (C=O) groups excluding carboxylic acids is 2. The quantitative estimate of drug-likeness (QED) is 0.359. The standard InChI is InChI=1S/C23H18FNO5S/c1-29-15-9-10-16(17(12-15)30-2)21(26)19-20(18-4-3-11-31-18)25(23(28)22(19)27)14-7-5-13(24)6-8-14/h3-12,20,26H,1-2H3/b21-19-. The van der Waals surface area contributed by atoms with Gasteiger partial charge in [0.2, 0.25) is 0 Å². The first-order chi connectivity index (χ1) is 15.0. The lowest BCUT2D eigenvalue weighted by atomic mass is 9.99. The number of Topliss-reactive ketones (excluding diaryl/α,β-unsaturated/α-hetero) is 1. The minimum Gasteiger partial charge on any atom is -0.507 e. The molecule has 2 aromatic carbocycles. The van der Waals surface area contributed by atoms with Crippen molar-refractivity contribution < 1.29 is 28.6 Å². The van der Waals surface area contributed by atoms with Crippen molar-refractivity contribution in [1.29, 1.82) is 0 Å². The molecule has 0 radical (unpaired) electrons. The van der Waals surface area contributed by atoms with Crippen LogP contribution in [0.15, 0.2) is 65.6 Å². The molecule has 1 fully saturated rings. The van der Waals surface area contributed by atoms with Crippen LogP contribution in [0.2, 0.25) is 0 Å². The number of hydrogen-bond donors (Lipinski definition) is 1. The monoisotopic (exact) mass is 439 g/mol. The van der Waals surface area contributed by atoms with Crippen LogP contribution in [0.1, 0.15) is 16.5 Å². The van der Waals surface area contributed by atoms with Gasteiger partial charge in [0.25, 0.3) is 11.7 Å². The molecule has 1 saturated heterocycles. The van der Waals surface area contributed by atoms with E-state index in [1.807, 2.05) is 5.38 Å². The second kappa shape index (κ2) is 8.23. The molecule has 1 unspecified atom stereocenters. The second-order valence-electron chi connectivity index (χ2n) is 6.73. The Morgan fingerprint density at radius 3 is 2.42 bits per heavy atom. The van der Waals surface area contributed by atoms with Gasteiger partial charge < -0.3 is 14.6 Å². The van der Waals surface area contributed by atoms with Gasteiger partial charge in [0.1, 0.15) is 29.1 Å². The van der Waals surface area contributed by atoms with Crippen molar-refractivity contribution in [3.8, 4) is 11.5 Å². The van der Waals surface area contributed by atoms with Crippen LogP contribution in [0, 0.1) is 5.82 Å². The van der Waals surface area contributed by atoms with Gasteiger partial charge in [-0.2, -0.15) is 0 Å². The van der Waals surface area contributed by atoms with Crippen LogP contribution in [-0.2, 0) is 9.59 Å². The van der Waals surface area contributed by atoms with Crippen LogP contribution in [0.25, 0.3) is 5.76 Å². The number of carbonyl (C=O) groups is 2. The summed E-state index contributed by atoms with van der Waals surface area (Å²) in [5, 5.41) is 13.0. The maximum Gasteiger partial charge on any atom is 0.300 e. The Bertz CT molecular complexity index is 1170. The van der Waals surface area contributed by atoms with Crippen LogP contribution < -0.4 is 14.4 Å². The first-order valence-electron chi connectivity index (χ1n) is 9.28. The van der Waals surface area contributed by atoms with Crippen LogP contribution >= 0.6 is 11.3 Å². The number of halogens is 1. The van der Waals surface area contributed by atoms with E-state index in [0.29, 0.717) is 16.3 Å². The van der Waals surface area contributed by atoms with Crippen LogP contribution in [0.4, 0.5) is 10.1 Å². The highest BCUT2D eigenvalue weighted by Crippen LogP contribution is 2.44. The highest BCUT2D eigenvalue weighted by atomic mass is 32.1. The Hall–Kier alpha value is -3.65. The average Bonchev–Trinajstić information content (AvgIpc) is 3.40. The number of hydrogen-bond acceptors (Lipinski definition) is 6. The topological polar surface area (TPSA) is 76.1 Å². The van der Waals surface area contributed by atoms with Crippen molar-refractivity contribution in [3.05, 3.63) is 81.8 Å². The average molecular weight is 439 g/mol. The smallest absolute Gasteiger partial charge is 0.300 e. The van der Waals surface area contributed by atoms with Gasteiger partial charge in [-0.1, -0.05) is 6.07 Å². The molecule has 3 aromatic rings. The van der Waals surface area contributed by atoms with Crippen LogP contribution in [0.5, 0.6) is 11.5 Å². The molecule has 0 spiro atoms. The molecular formula is C23H18FNO5S. The van der Waals surface area contributed by atoms with E-state index in [1.54, 1.807) is 30.3 Å². The third-order valence-electron chi connectivity index (χ3n) is 5.03. The van der Waals surface area contributed by atoms with Crippen molar-refractivity contribution in [2.45, 2.75) is 6.04 Å². The van der Waals surface area contributed by atoms with Gasteiger partial charge in [-0.25, -0.2) is 4.39 Å². The van der Waals surface area contributed by atoms with E-state index in [0.717, 1.165) is 0 Å². The third kappa shape index (κ3) is 3.55. The molecular weight excluding hydrogens is 421 g/mol. The van der Waals surface area contributed by atoms with Gasteiger partial charge in [-0.15, -0.1) is 11.3 Å². The number of benzene rings is 2. The number of rotatable bonds is 5. The molecule has 8 heteroatoms. The summed E-state index contributed by atoms with van der Waals surface area (Å²) in [6.45, 7) is 0. The minimum atomic E-state index is -0.864. The molecule has 0 aliphatic carbocycles. The van der Waals surface area contributed by atoms with Gasteiger partial charge in [-0.05, 0) is 47.8 Å². The van der Waals surface area contributed by atoms with Gasteiger partial charge in [-0.3, -0.25) is 14.5 Å². The van der Waals surface area contributed by atoms with E-state index in [4.69, 9.17) is 9.47 Å². The van der Waals surface area contributed by atoms with E-state index in [1.165, 1.54) is 54.7 Å². The Kier molecular flexibility index (Phi) is 5.48. The Morgan fingerprint density at radius 1 is 1.06 bits per heavy atom. The Morgan fingerprint density at radius 2 is 1.81 bits per heavy atom. The van der Waals surface area contributed by atoms with Crippen molar-refractivity contribution in [2.24, 2.45) is 0 Å². The summed E-state index contributed by atoms with van der Waals surface area (Å²) in [6.07, 6.45) is 0. The molecule has 1 N–H and O–H groups in total. The fourth-order valence-electron chi connectivity index (χ4n) is 3.56. The first-order valence-corrected chi connectivity index (χ1v) is 10.2. The molecule has 0 bridgehead atoms. The maximum atomic E-state index is 13.4. The molecule has 4 rings (SSSR count). The first kappa shape index (κ1) is 20.6. The zero-order valence-electron chi connectivity index (χ0n) is 16.7. The maximum absolute atomic E-state index is 13.4. The van der Waals surface area contributed by atoms with E-state index >= 15 is 0 Å². The number of anilines is 1. The summed E-state index contributed by atoms with van der Waals surface area (Å²) >= 11 is 1.34. The normalized spacial score (nSPS) is 17.8. The summed E-state index contributed by atoms with van der Waals surface area (Å²) in [6, 6.07) is 12.7. The van der Waals surface area contributed by atoms with Crippen molar-refractivity contribution in [2.75, 3.05) is 19.1 Å². The number of methoxy groups -OCH3 is 2. The molecule has 1 aliphatic rings. The zero-order valence-corrected chi connectivity index (χ0v) is 17.5. The molecule has 1 aromatic heterocycles. The Balaban J connectivity index is 1.93. The van der Waals surface area contributed by atoms with Gasteiger partial charge in [0.05, 0.1) is 25.4 Å². The van der Waals surface area contributed by atoms with Crippen LogP contribution in [-0.4, -0.2) is 31.0 Å². The highest BCUT2D eigenvalue weighted by Gasteiger charge is 2.47. The van der Waals surface area contributed by atoms with E-state index in [9.17, 15) is 19.1 Å². The number of ether oxygens (including phenoxy) is 2. The van der Waals surface area contributed by atoms with E-state index in [2.05, 4.69) is 0 Å². The molecule has 31 heavy (non-hydrogen) atoms. The number of aliphatic hydroxyl groups is 1. The molecule has 158 valence electrons. The lowest BCUT2D eigenvalue weighted by molar-refractivity contribution is -0.132. The number of thiophene rings is 1. The fraction of sp³-hybridized carbons (Fsp3) is 0.130. The molecule has 1 atom stereocenters. The minimum absolute atomic E-state index is 0.0692. The summed E-state index contributed by atoms with van der Waals surface area (Å²) < 4.78 is 24.0. The number of nitrogens with zero attached hydrogens (tertiary/aromatic N) is 1. The predicted octanol–water partition coefficient (Wildman–Crippen LogP) is 4.53. The zero-order chi connectivity index (χ0) is 22.1. The van der Waals surface area contributed by atoms with Crippen molar-refractivity contribution in [1.82, 2.24) is 0 Å². The van der Waals surface area contributed by atoms with Crippen LogP contribution in [0.3, 0.4) is 0 Å². The lowest BCUT2D eigenvalue weighted by Gasteiger charge is -2.24. The number of amides is 1. The fourth-order valence-corrected chi connectivity index (χ4v) is 4.38. The molecule has 6 nitrogen and oxygen atoms in total. The van der Waals surface area contributed by atoms with Crippen molar-refractivity contribution in [3.63, 3.8) is 0 Å². The summed E-state index contributed by atoms with van der Waals surface area (Å²) in [4.78, 5) is 28.0. The second-order valence-corrected chi connectivity index (χ2v) is 7.71. The van der Waals surface area contributed by atoms with E-state index in [-0.39, 0.29) is 22.6 Å². The number of ketones is 1. The summed E-state index contributed by atoms with van der Waals surface area (Å²) in [5.41, 5.74) is 0.532. The Labute approximate surface area is 181 Å². The van der Waals surface area contributed by atoms with Gasteiger partial charge in [0.15, 0.2) is 0 Å². The number of aliphatic hydroxyl groups excluding tert-OH is 1. The SMILES string of the molecule is COc1ccc(/C(O)=C2/C(=O)C(=O)N(c3ccc(F)cc3)C2c2cccs2)c(OC)c1. The van der Waals surface area contributed by atoms with E-state index < -0.39 is 23.5 Å². The molecule has 1 aliphatic heterocycles. The predicted molar refractivity (Wildman–Crippen MR) is 115 cm³/mol. The largest absolute Gasteiger partial charge is 0.507 e. The van der Waals surface area contributed by atoms with Gasteiger partial charge >= 0.3 is 0 Å². The highest BCUT2D eigenvalue weighted by molar-refractivity contribution is 7.10.